The molecule has 0 aliphatic carbocycles. The molecule has 0 saturated heterocycles. The third-order valence-electron chi connectivity index (χ3n) is 3.92. The lowest BCUT2D eigenvalue weighted by Gasteiger charge is -2.09. The predicted octanol–water partition coefficient (Wildman–Crippen LogP) is 2.82. The predicted molar refractivity (Wildman–Crippen MR) is 88.1 cm³/mol. The summed E-state index contributed by atoms with van der Waals surface area (Å²) in [5.74, 6) is 1.13. The standard InChI is InChI=1S/C17H13ClN4O/c1-11-20-22(23)16-10-19-17(12-5-3-2-4-6-12)14-9-13(18)7-8-15(14)21(11)16/h2-9H,10H2,1H3. The lowest BCUT2D eigenvalue weighted by atomic mass is 10.0. The van der Waals surface area contributed by atoms with Gasteiger partial charge in [0.25, 0.3) is 0 Å². The molecule has 6 heteroatoms. The number of nitrogens with zero attached hydrogens (tertiary/aromatic N) is 4. The summed E-state index contributed by atoms with van der Waals surface area (Å²) < 4.78 is 1.85. The van der Waals surface area contributed by atoms with Gasteiger partial charge >= 0.3 is 5.82 Å². The first-order chi connectivity index (χ1) is 11.1. The molecule has 0 amide bonds. The first-order valence-electron chi connectivity index (χ1n) is 7.23. The Labute approximate surface area is 138 Å². The second-order valence-electron chi connectivity index (χ2n) is 5.36. The van der Waals surface area contributed by atoms with Crippen LogP contribution in [0.3, 0.4) is 0 Å². The van der Waals surface area contributed by atoms with Gasteiger partial charge in [-0.2, -0.15) is 4.57 Å². The first-order valence-corrected chi connectivity index (χ1v) is 7.61. The van der Waals surface area contributed by atoms with Gasteiger partial charge in [0.1, 0.15) is 12.2 Å². The Morgan fingerprint density at radius 2 is 1.96 bits per heavy atom. The van der Waals surface area contributed by atoms with E-state index in [0.717, 1.165) is 22.5 Å². The minimum Gasteiger partial charge on any atom is -0.691 e. The second kappa shape index (κ2) is 5.21. The van der Waals surface area contributed by atoms with Crippen molar-refractivity contribution in [2.24, 2.45) is 4.99 Å². The average molecular weight is 325 g/mol. The molecule has 0 bridgehead atoms. The average Bonchev–Trinajstić information content (AvgIpc) is 2.74. The Kier molecular flexibility index (Phi) is 3.16. The highest BCUT2D eigenvalue weighted by Crippen LogP contribution is 2.27. The molecule has 114 valence electrons. The van der Waals surface area contributed by atoms with Gasteiger partial charge in [0.2, 0.25) is 5.82 Å². The van der Waals surface area contributed by atoms with Crippen LogP contribution in [0.2, 0.25) is 5.02 Å². The van der Waals surface area contributed by atoms with Gasteiger partial charge in [0, 0.05) is 23.1 Å². The Balaban J connectivity index is 2.03. The van der Waals surface area contributed by atoms with Crippen molar-refractivity contribution in [2.45, 2.75) is 13.5 Å². The molecule has 1 aliphatic rings. The zero-order valence-electron chi connectivity index (χ0n) is 12.4. The summed E-state index contributed by atoms with van der Waals surface area (Å²) in [4.78, 5) is 5.31. The SMILES string of the molecule is Cc1n[n+]([O-])c2n1-c1ccc(Cl)cc1C(c1ccccc1)=NC2. The fourth-order valence-corrected chi connectivity index (χ4v) is 3.09. The Hall–Kier alpha value is -2.66. The molecular formula is C17H13ClN4O. The number of benzene rings is 2. The summed E-state index contributed by atoms with van der Waals surface area (Å²) >= 11 is 6.21. The molecule has 2 heterocycles. The first kappa shape index (κ1) is 14.0. The quantitative estimate of drug-likeness (QED) is 0.510. The lowest BCUT2D eigenvalue weighted by Crippen LogP contribution is -2.33. The topological polar surface area (TPSA) is 57.1 Å². The van der Waals surface area contributed by atoms with Gasteiger partial charge < -0.3 is 5.21 Å². The normalized spacial score (nSPS) is 13.0. The van der Waals surface area contributed by atoms with Crippen molar-refractivity contribution in [1.29, 1.82) is 0 Å². The van der Waals surface area contributed by atoms with E-state index in [1.54, 1.807) is 0 Å². The van der Waals surface area contributed by atoms with E-state index in [1.807, 2.05) is 60.0 Å². The molecule has 1 aromatic heterocycles. The van der Waals surface area contributed by atoms with Gasteiger partial charge in [0.15, 0.2) is 0 Å². The van der Waals surface area contributed by atoms with Crippen molar-refractivity contribution in [3.8, 4) is 5.69 Å². The maximum atomic E-state index is 12.0. The van der Waals surface area contributed by atoms with Crippen molar-refractivity contribution in [2.75, 3.05) is 0 Å². The molecule has 5 nitrogen and oxygen atoms in total. The largest absolute Gasteiger partial charge is 0.691 e. The second-order valence-corrected chi connectivity index (χ2v) is 5.80. The van der Waals surface area contributed by atoms with Gasteiger partial charge in [-0.25, -0.2) is 0 Å². The van der Waals surface area contributed by atoms with Crippen LogP contribution >= 0.6 is 11.6 Å². The molecule has 2 aromatic carbocycles. The van der Waals surface area contributed by atoms with Gasteiger partial charge in [0.05, 0.1) is 5.71 Å². The van der Waals surface area contributed by atoms with Crippen molar-refractivity contribution in [3.05, 3.63) is 81.5 Å². The summed E-state index contributed by atoms with van der Waals surface area (Å²) in [6.07, 6.45) is 0. The van der Waals surface area contributed by atoms with Crippen LogP contribution in [0.15, 0.2) is 53.5 Å². The van der Waals surface area contributed by atoms with Gasteiger partial charge in [-0.1, -0.05) is 41.9 Å². The van der Waals surface area contributed by atoms with E-state index in [-0.39, 0.29) is 6.54 Å². The minimum atomic E-state index is 0.265. The minimum absolute atomic E-state index is 0.265. The van der Waals surface area contributed by atoms with Crippen LogP contribution < -0.4 is 4.85 Å². The highest BCUT2D eigenvalue weighted by Gasteiger charge is 2.28. The molecule has 0 unspecified atom stereocenters. The van der Waals surface area contributed by atoms with Gasteiger partial charge in [-0.3, -0.25) is 4.99 Å². The number of aryl methyl sites for hydroxylation is 1. The fourth-order valence-electron chi connectivity index (χ4n) is 2.92. The lowest BCUT2D eigenvalue weighted by molar-refractivity contribution is -0.674. The Morgan fingerprint density at radius 3 is 2.74 bits per heavy atom. The number of hydrogen-bond donors (Lipinski definition) is 0. The van der Waals surface area contributed by atoms with E-state index in [0.29, 0.717) is 21.5 Å². The molecule has 0 saturated carbocycles. The molecule has 3 aromatic rings. The number of aliphatic imine (C=N–C) groups is 1. The van der Waals surface area contributed by atoms with Gasteiger partial charge in [-0.05, 0) is 23.3 Å². The smallest absolute Gasteiger partial charge is 0.309 e. The van der Waals surface area contributed by atoms with Crippen LogP contribution in [-0.4, -0.2) is 15.4 Å². The highest BCUT2D eigenvalue weighted by atomic mass is 35.5. The van der Waals surface area contributed by atoms with Crippen LogP contribution in [-0.2, 0) is 6.54 Å². The maximum absolute atomic E-state index is 12.0. The molecule has 23 heavy (non-hydrogen) atoms. The van der Waals surface area contributed by atoms with E-state index in [2.05, 4.69) is 10.1 Å². The van der Waals surface area contributed by atoms with Crippen molar-refractivity contribution >= 4 is 17.3 Å². The summed E-state index contributed by atoms with van der Waals surface area (Å²) in [7, 11) is 0. The molecule has 4 rings (SSSR count). The molecule has 0 fully saturated rings. The third-order valence-corrected chi connectivity index (χ3v) is 4.15. The Bertz CT molecular complexity index is 931. The van der Waals surface area contributed by atoms with E-state index in [1.165, 1.54) is 0 Å². The molecule has 0 spiro atoms. The van der Waals surface area contributed by atoms with Crippen LogP contribution in [0, 0.1) is 12.1 Å². The van der Waals surface area contributed by atoms with E-state index in [4.69, 9.17) is 11.6 Å². The van der Waals surface area contributed by atoms with Crippen molar-refractivity contribution < 1.29 is 4.85 Å². The third kappa shape index (κ3) is 2.21. The van der Waals surface area contributed by atoms with Crippen LogP contribution in [0.1, 0.15) is 22.8 Å². The Morgan fingerprint density at radius 1 is 1.17 bits per heavy atom. The zero-order chi connectivity index (χ0) is 16.0. The molecule has 0 radical (unpaired) electrons. The van der Waals surface area contributed by atoms with Crippen molar-refractivity contribution in [3.63, 3.8) is 0 Å². The van der Waals surface area contributed by atoms with Gasteiger partial charge in [-0.15, -0.1) is 4.85 Å². The molecule has 0 N–H and O–H groups in total. The summed E-state index contributed by atoms with van der Waals surface area (Å²) in [5.41, 5.74) is 3.57. The van der Waals surface area contributed by atoms with Crippen LogP contribution in [0.5, 0.6) is 0 Å². The zero-order valence-corrected chi connectivity index (χ0v) is 13.2. The number of halogens is 1. The van der Waals surface area contributed by atoms with Crippen molar-refractivity contribution in [1.82, 2.24) is 9.67 Å². The monoisotopic (exact) mass is 324 g/mol. The molecule has 1 aliphatic heterocycles. The highest BCUT2D eigenvalue weighted by molar-refractivity contribution is 6.31. The fraction of sp³-hybridized carbons (Fsp3) is 0.118. The number of fused-ring (bicyclic) bond motifs is 3. The number of hydrogen-bond acceptors (Lipinski definition) is 3. The summed E-state index contributed by atoms with van der Waals surface area (Å²) in [6.45, 7) is 2.07. The van der Waals surface area contributed by atoms with E-state index >= 15 is 0 Å². The van der Waals surface area contributed by atoms with Crippen LogP contribution in [0.4, 0.5) is 0 Å². The maximum Gasteiger partial charge on any atom is 0.309 e. The van der Waals surface area contributed by atoms with Crippen LogP contribution in [0.25, 0.3) is 5.69 Å². The number of rotatable bonds is 1. The summed E-state index contributed by atoms with van der Waals surface area (Å²) in [5, 5.41) is 16.7. The van der Waals surface area contributed by atoms with E-state index < -0.39 is 0 Å². The molecular weight excluding hydrogens is 312 g/mol. The molecule has 0 atom stereocenters. The number of aromatic nitrogens is 3. The van der Waals surface area contributed by atoms with E-state index in [9.17, 15) is 5.21 Å². The summed E-state index contributed by atoms with van der Waals surface area (Å²) in [6, 6.07) is 15.5.